The molecule has 0 radical (unpaired) electrons. The third-order valence-electron chi connectivity index (χ3n) is 4.30. The Kier molecular flexibility index (Phi) is 8.30. The molecule has 0 fully saturated rings. The Labute approximate surface area is 184 Å². The molecule has 29 heavy (non-hydrogen) atoms. The van der Waals surface area contributed by atoms with Gasteiger partial charge in [0.1, 0.15) is 5.65 Å². The summed E-state index contributed by atoms with van der Waals surface area (Å²) in [7, 11) is 1.68. The Morgan fingerprint density at radius 2 is 1.72 bits per heavy atom. The van der Waals surface area contributed by atoms with Gasteiger partial charge in [0.25, 0.3) is 0 Å². The van der Waals surface area contributed by atoms with Gasteiger partial charge in [-0.05, 0) is 36.2 Å². The summed E-state index contributed by atoms with van der Waals surface area (Å²) in [6.07, 6.45) is 1.01. The minimum absolute atomic E-state index is 0. The molecule has 2 heterocycles. The first-order valence-corrected chi connectivity index (χ1v) is 8.99. The fourth-order valence-electron chi connectivity index (χ4n) is 2.82. The third-order valence-corrected chi connectivity index (χ3v) is 4.30. The van der Waals surface area contributed by atoms with Crippen LogP contribution in [0.2, 0.25) is 0 Å². The van der Waals surface area contributed by atoms with Crippen molar-refractivity contribution in [1.29, 1.82) is 0 Å². The number of pyridine rings is 1. The van der Waals surface area contributed by atoms with Gasteiger partial charge in [0.2, 0.25) is 0 Å². The van der Waals surface area contributed by atoms with Crippen LogP contribution in [0.3, 0.4) is 0 Å². The number of hydrogen-bond acceptors (Lipinski definition) is 2. The summed E-state index contributed by atoms with van der Waals surface area (Å²) >= 11 is 0. The van der Waals surface area contributed by atoms with Gasteiger partial charge >= 0.3 is 6.18 Å². The monoisotopic (exact) mass is 517 g/mol. The Bertz CT molecular complexity index is 902. The van der Waals surface area contributed by atoms with Crippen molar-refractivity contribution < 1.29 is 13.2 Å². The van der Waals surface area contributed by atoms with Crippen LogP contribution < -0.4 is 10.6 Å². The number of nitrogens with one attached hydrogen (secondary N) is 2. The Morgan fingerprint density at radius 1 is 1.03 bits per heavy atom. The molecule has 0 saturated heterocycles. The molecule has 5 nitrogen and oxygen atoms in total. The number of aromatic nitrogens is 2. The lowest BCUT2D eigenvalue weighted by Gasteiger charge is -2.12. The van der Waals surface area contributed by atoms with E-state index in [2.05, 4.69) is 20.6 Å². The zero-order valence-electron chi connectivity index (χ0n) is 15.9. The lowest BCUT2D eigenvalue weighted by Crippen LogP contribution is -2.39. The van der Waals surface area contributed by atoms with Crippen LogP contribution in [0.15, 0.2) is 59.9 Å². The van der Waals surface area contributed by atoms with Crippen LogP contribution in [0.25, 0.3) is 5.65 Å². The third kappa shape index (κ3) is 6.62. The van der Waals surface area contributed by atoms with Crippen molar-refractivity contribution in [3.05, 3.63) is 71.7 Å². The number of halogens is 4. The standard InChI is InChI=1S/C20H22F3N5.HI/c1-24-19(25-11-9-15-5-7-16(8-6-15)20(21,22)23)26-12-10-17-14-28-13-3-2-4-18(28)27-17;/h2-8,13-14H,9-12H2,1H3,(H2,24,25,26);1H. The first-order valence-electron chi connectivity index (χ1n) is 8.99. The highest BCUT2D eigenvalue weighted by molar-refractivity contribution is 14.0. The van der Waals surface area contributed by atoms with E-state index < -0.39 is 11.7 Å². The molecular formula is C20H23F3IN5. The topological polar surface area (TPSA) is 53.7 Å². The van der Waals surface area contributed by atoms with Gasteiger partial charge in [0, 0.05) is 39.0 Å². The smallest absolute Gasteiger partial charge is 0.356 e. The Hall–Kier alpha value is -2.30. The van der Waals surface area contributed by atoms with Crippen molar-refractivity contribution in [3.8, 4) is 0 Å². The van der Waals surface area contributed by atoms with E-state index in [0.717, 1.165) is 35.5 Å². The number of benzene rings is 1. The molecule has 2 N–H and O–H groups in total. The van der Waals surface area contributed by atoms with Crippen LogP contribution >= 0.6 is 24.0 Å². The summed E-state index contributed by atoms with van der Waals surface area (Å²) in [5.74, 6) is 0.649. The van der Waals surface area contributed by atoms with Crippen molar-refractivity contribution in [2.45, 2.75) is 19.0 Å². The highest BCUT2D eigenvalue weighted by Crippen LogP contribution is 2.29. The molecule has 0 amide bonds. The largest absolute Gasteiger partial charge is 0.416 e. The molecule has 0 aliphatic heterocycles. The number of rotatable bonds is 6. The Morgan fingerprint density at radius 3 is 2.34 bits per heavy atom. The second-order valence-corrected chi connectivity index (χ2v) is 6.32. The number of hydrogen-bond donors (Lipinski definition) is 2. The average molecular weight is 517 g/mol. The predicted molar refractivity (Wildman–Crippen MR) is 119 cm³/mol. The van der Waals surface area contributed by atoms with Crippen molar-refractivity contribution in [1.82, 2.24) is 20.0 Å². The maximum Gasteiger partial charge on any atom is 0.416 e. The van der Waals surface area contributed by atoms with E-state index in [9.17, 15) is 13.2 Å². The van der Waals surface area contributed by atoms with Crippen LogP contribution in [0.1, 0.15) is 16.8 Å². The highest BCUT2D eigenvalue weighted by atomic mass is 127. The van der Waals surface area contributed by atoms with Crippen LogP contribution in [0.4, 0.5) is 13.2 Å². The molecule has 9 heteroatoms. The number of guanidine groups is 1. The molecule has 0 spiro atoms. The molecule has 156 valence electrons. The van der Waals surface area contributed by atoms with Crippen molar-refractivity contribution in [2.75, 3.05) is 20.1 Å². The van der Waals surface area contributed by atoms with Gasteiger partial charge in [-0.15, -0.1) is 24.0 Å². The summed E-state index contributed by atoms with van der Waals surface area (Å²) in [5.41, 5.74) is 2.10. The fourth-order valence-corrected chi connectivity index (χ4v) is 2.82. The highest BCUT2D eigenvalue weighted by Gasteiger charge is 2.29. The molecule has 0 bridgehead atoms. The summed E-state index contributed by atoms with van der Waals surface area (Å²) in [6.45, 7) is 1.24. The fraction of sp³-hybridized carbons (Fsp3) is 0.300. The molecule has 2 aromatic heterocycles. The number of nitrogens with zero attached hydrogens (tertiary/aromatic N) is 3. The number of alkyl halides is 3. The van der Waals surface area contributed by atoms with Gasteiger partial charge in [-0.25, -0.2) is 4.98 Å². The first-order chi connectivity index (χ1) is 13.5. The van der Waals surface area contributed by atoms with Gasteiger partial charge in [0.05, 0.1) is 11.3 Å². The number of fused-ring (bicyclic) bond motifs is 1. The number of imidazole rings is 1. The zero-order chi connectivity index (χ0) is 20.0. The van der Waals surface area contributed by atoms with E-state index in [1.807, 2.05) is 35.0 Å². The number of aliphatic imine (C=N–C) groups is 1. The summed E-state index contributed by atoms with van der Waals surface area (Å²) < 4.78 is 39.7. The van der Waals surface area contributed by atoms with Crippen LogP contribution in [-0.4, -0.2) is 35.5 Å². The van der Waals surface area contributed by atoms with Crippen LogP contribution in [0.5, 0.6) is 0 Å². The van der Waals surface area contributed by atoms with Gasteiger partial charge in [0.15, 0.2) is 5.96 Å². The zero-order valence-corrected chi connectivity index (χ0v) is 18.2. The maximum atomic E-state index is 12.6. The summed E-state index contributed by atoms with van der Waals surface area (Å²) in [4.78, 5) is 8.70. The Balaban J connectivity index is 0.00000300. The molecule has 0 aliphatic rings. The van der Waals surface area contributed by atoms with Gasteiger partial charge in [-0.2, -0.15) is 13.2 Å². The van der Waals surface area contributed by atoms with Gasteiger partial charge in [-0.3, -0.25) is 4.99 Å². The van der Waals surface area contributed by atoms with Crippen LogP contribution in [0, 0.1) is 0 Å². The minimum Gasteiger partial charge on any atom is -0.356 e. The molecule has 0 saturated carbocycles. The van der Waals surface area contributed by atoms with E-state index in [1.165, 1.54) is 12.1 Å². The van der Waals surface area contributed by atoms with Crippen molar-refractivity contribution in [2.24, 2.45) is 4.99 Å². The van der Waals surface area contributed by atoms with E-state index in [1.54, 1.807) is 7.05 Å². The molecular weight excluding hydrogens is 494 g/mol. The summed E-state index contributed by atoms with van der Waals surface area (Å²) in [5, 5.41) is 6.39. The predicted octanol–water partition coefficient (Wildman–Crippen LogP) is 3.92. The van der Waals surface area contributed by atoms with E-state index in [4.69, 9.17) is 0 Å². The molecule has 1 aromatic carbocycles. The lowest BCUT2D eigenvalue weighted by atomic mass is 10.1. The molecule has 3 aromatic rings. The molecule has 3 rings (SSSR count). The van der Waals surface area contributed by atoms with Gasteiger partial charge < -0.3 is 15.0 Å². The van der Waals surface area contributed by atoms with Crippen LogP contribution in [-0.2, 0) is 19.0 Å². The minimum atomic E-state index is -4.30. The summed E-state index contributed by atoms with van der Waals surface area (Å²) in [6, 6.07) is 11.1. The van der Waals surface area contributed by atoms with Gasteiger partial charge in [-0.1, -0.05) is 18.2 Å². The second kappa shape index (κ2) is 10.5. The van der Waals surface area contributed by atoms with Crippen molar-refractivity contribution in [3.63, 3.8) is 0 Å². The quantitative estimate of drug-likeness (QED) is 0.296. The molecule has 0 atom stereocenters. The molecule has 0 aliphatic carbocycles. The van der Waals surface area contributed by atoms with E-state index in [-0.39, 0.29) is 24.0 Å². The first kappa shape index (κ1) is 23.0. The SMILES string of the molecule is CN=C(NCCc1ccc(C(F)(F)F)cc1)NCCc1cn2ccccc2n1.I. The molecule has 0 unspecified atom stereocenters. The van der Waals surface area contributed by atoms with Crippen molar-refractivity contribution >= 4 is 35.6 Å². The maximum absolute atomic E-state index is 12.6. The second-order valence-electron chi connectivity index (χ2n) is 6.32. The lowest BCUT2D eigenvalue weighted by molar-refractivity contribution is -0.137. The average Bonchev–Trinajstić information content (AvgIpc) is 3.09. The van der Waals surface area contributed by atoms with E-state index in [0.29, 0.717) is 25.5 Å². The van der Waals surface area contributed by atoms with E-state index >= 15 is 0 Å². The normalized spacial score (nSPS) is 11.9.